The molecule has 10 heteroatoms. The van der Waals surface area contributed by atoms with Crippen LogP contribution in [0.1, 0.15) is 11.1 Å². The van der Waals surface area contributed by atoms with Crippen LogP contribution < -0.4 is 10.6 Å². The number of alkyl halides is 6. The average molecular weight is 366 g/mol. The predicted molar refractivity (Wildman–Crippen MR) is 75.5 cm³/mol. The van der Waals surface area contributed by atoms with Crippen LogP contribution in [0, 0.1) is 5.82 Å². The molecule has 0 atom stereocenters. The second kappa shape index (κ2) is 6.61. The van der Waals surface area contributed by atoms with Gasteiger partial charge >= 0.3 is 18.4 Å². The Morgan fingerprint density at radius 3 is 1.92 bits per heavy atom. The number of urea groups is 1. The van der Waals surface area contributed by atoms with E-state index in [0.717, 1.165) is 24.3 Å². The van der Waals surface area contributed by atoms with Gasteiger partial charge in [0.2, 0.25) is 0 Å². The molecule has 0 bridgehead atoms. The molecule has 2 N–H and O–H groups in total. The molecule has 0 aromatic heterocycles. The topological polar surface area (TPSA) is 41.1 Å². The van der Waals surface area contributed by atoms with Crippen molar-refractivity contribution in [2.24, 2.45) is 0 Å². The van der Waals surface area contributed by atoms with Crippen LogP contribution in [0.5, 0.6) is 0 Å². The molecule has 0 unspecified atom stereocenters. The highest BCUT2D eigenvalue weighted by atomic mass is 19.4. The van der Waals surface area contributed by atoms with E-state index in [1.54, 1.807) is 5.32 Å². The summed E-state index contributed by atoms with van der Waals surface area (Å²) in [5.41, 5.74) is -3.80. The van der Waals surface area contributed by atoms with Crippen molar-refractivity contribution >= 4 is 17.4 Å². The largest absolute Gasteiger partial charge is 0.418 e. The van der Waals surface area contributed by atoms with Crippen molar-refractivity contribution in [3.05, 3.63) is 59.4 Å². The standard InChI is InChI=1S/C15H9F7N2O/c16-9-2-4-10(5-3-9)23-13(25)24-12-7-8(14(17,18)19)1-6-11(12)15(20,21)22/h1-7H,(H2,23,24,25). The quantitative estimate of drug-likeness (QED) is 0.677. The molecule has 0 spiro atoms. The normalized spacial score (nSPS) is 12.0. The number of hydrogen-bond acceptors (Lipinski definition) is 1. The number of halogens is 7. The first-order chi connectivity index (χ1) is 11.5. The lowest BCUT2D eigenvalue weighted by atomic mass is 10.1. The van der Waals surface area contributed by atoms with Crippen molar-refractivity contribution in [1.82, 2.24) is 0 Å². The summed E-state index contributed by atoms with van der Waals surface area (Å²) in [6.07, 6.45) is -9.85. The molecule has 2 rings (SSSR count). The molecule has 0 heterocycles. The molecule has 0 saturated heterocycles. The fourth-order valence-electron chi connectivity index (χ4n) is 1.89. The SMILES string of the molecule is O=C(Nc1ccc(F)cc1)Nc1cc(C(F)(F)F)ccc1C(F)(F)F. The smallest absolute Gasteiger partial charge is 0.308 e. The Kier molecular flexibility index (Phi) is 4.91. The second-order valence-corrected chi connectivity index (χ2v) is 4.84. The molecule has 2 amide bonds. The fourth-order valence-corrected chi connectivity index (χ4v) is 1.89. The molecule has 134 valence electrons. The van der Waals surface area contributed by atoms with Crippen molar-refractivity contribution in [2.75, 3.05) is 10.6 Å². The fraction of sp³-hybridized carbons (Fsp3) is 0.133. The molecule has 25 heavy (non-hydrogen) atoms. The van der Waals surface area contributed by atoms with Gasteiger partial charge in [-0.15, -0.1) is 0 Å². The van der Waals surface area contributed by atoms with Gasteiger partial charge in [-0.2, -0.15) is 26.3 Å². The van der Waals surface area contributed by atoms with Gasteiger partial charge in [0, 0.05) is 5.69 Å². The highest BCUT2D eigenvalue weighted by molar-refractivity contribution is 6.00. The van der Waals surface area contributed by atoms with Crippen LogP contribution in [0.2, 0.25) is 0 Å². The summed E-state index contributed by atoms with van der Waals surface area (Å²) in [6, 6.07) is 3.71. The Morgan fingerprint density at radius 2 is 1.40 bits per heavy atom. The van der Waals surface area contributed by atoms with E-state index >= 15 is 0 Å². The van der Waals surface area contributed by atoms with Gasteiger partial charge in [0.25, 0.3) is 0 Å². The van der Waals surface area contributed by atoms with Crippen LogP contribution >= 0.6 is 0 Å². The second-order valence-electron chi connectivity index (χ2n) is 4.84. The summed E-state index contributed by atoms with van der Waals surface area (Å²) in [4.78, 5) is 11.7. The Morgan fingerprint density at radius 1 is 0.800 bits per heavy atom. The molecular weight excluding hydrogens is 357 g/mol. The van der Waals surface area contributed by atoms with Gasteiger partial charge in [0.15, 0.2) is 0 Å². The molecule has 3 nitrogen and oxygen atoms in total. The van der Waals surface area contributed by atoms with Gasteiger partial charge in [-0.1, -0.05) is 0 Å². The van der Waals surface area contributed by atoms with Crippen molar-refractivity contribution in [3.63, 3.8) is 0 Å². The van der Waals surface area contributed by atoms with Gasteiger partial charge in [0.05, 0.1) is 16.8 Å². The van der Waals surface area contributed by atoms with Gasteiger partial charge in [0.1, 0.15) is 5.82 Å². The lowest BCUT2D eigenvalue weighted by Crippen LogP contribution is -2.22. The van der Waals surface area contributed by atoms with Crippen molar-refractivity contribution in [1.29, 1.82) is 0 Å². The van der Waals surface area contributed by atoms with Crippen LogP contribution in [0.25, 0.3) is 0 Å². The lowest BCUT2D eigenvalue weighted by molar-refractivity contribution is -0.140. The molecule has 0 fully saturated rings. The summed E-state index contributed by atoms with van der Waals surface area (Å²) < 4.78 is 89.5. The van der Waals surface area contributed by atoms with Gasteiger partial charge in [-0.3, -0.25) is 0 Å². The van der Waals surface area contributed by atoms with Crippen LogP contribution in [-0.2, 0) is 12.4 Å². The Bertz CT molecular complexity index is 767. The zero-order valence-electron chi connectivity index (χ0n) is 12.1. The van der Waals surface area contributed by atoms with E-state index in [2.05, 4.69) is 5.32 Å². The molecule has 0 saturated carbocycles. The Balaban J connectivity index is 2.29. The Hall–Kier alpha value is -2.78. The van der Waals surface area contributed by atoms with E-state index in [1.165, 1.54) is 0 Å². The average Bonchev–Trinajstić information content (AvgIpc) is 2.47. The van der Waals surface area contributed by atoms with Crippen LogP contribution in [0.15, 0.2) is 42.5 Å². The van der Waals surface area contributed by atoms with E-state index in [-0.39, 0.29) is 23.9 Å². The first-order valence-corrected chi connectivity index (χ1v) is 6.59. The maximum absolute atomic E-state index is 12.9. The summed E-state index contributed by atoms with van der Waals surface area (Å²) in [5, 5.41) is 3.82. The maximum Gasteiger partial charge on any atom is 0.418 e. The van der Waals surface area contributed by atoms with E-state index in [4.69, 9.17) is 0 Å². The van der Waals surface area contributed by atoms with E-state index < -0.39 is 41.0 Å². The number of benzene rings is 2. The molecule has 0 aliphatic rings. The number of rotatable bonds is 2. The lowest BCUT2D eigenvalue weighted by Gasteiger charge is -2.16. The highest BCUT2D eigenvalue weighted by Gasteiger charge is 2.37. The highest BCUT2D eigenvalue weighted by Crippen LogP contribution is 2.39. The van der Waals surface area contributed by atoms with Gasteiger partial charge in [-0.25, -0.2) is 9.18 Å². The Labute approximate surface area is 136 Å². The third-order valence-electron chi connectivity index (χ3n) is 3.00. The molecule has 0 aliphatic heterocycles. The number of hydrogen-bond donors (Lipinski definition) is 2. The minimum atomic E-state index is -4.97. The van der Waals surface area contributed by atoms with E-state index in [1.807, 2.05) is 0 Å². The molecule has 0 radical (unpaired) electrons. The zero-order chi connectivity index (χ0) is 18.8. The van der Waals surface area contributed by atoms with E-state index in [0.29, 0.717) is 0 Å². The number of amides is 2. The molecule has 2 aromatic carbocycles. The van der Waals surface area contributed by atoms with E-state index in [9.17, 15) is 35.5 Å². The zero-order valence-corrected chi connectivity index (χ0v) is 12.1. The number of anilines is 2. The maximum atomic E-state index is 12.9. The van der Waals surface area contributed by atoms with Gasteiger partial charge in [-0.05, 0) is 42.5 Å². The monoisotopic (exact) mass is 366 g/mol. The summed E-state index contributed by atoms with van der Waals surface area (Å²) in [5.74, 6) is -0.608. The van der Waals surface area contributed by atoms with Crippen LogP contribution in [-0.4, -0.2) is 6.03 Å². The first kappa shape index (κ1) is 18.6. The summed E-state index contributed by atoms with van der Waals surface area (Å²) in [6.45, 7) is 0. The molecular formula is C15H9F7N2O. The third-order valence-corrected chi connectivity index (χ3v) is 3.00. The van der Waals surface area contributed by atoms with Crippen molar-refractivity contribution in [2.45, 2.75) is 12.4 Å². The third kappa shape index (κ3) is 4.85. The van der Waals surface area contributed by atoms with Gasteiger partial charge < -0.3 is 10.6 Å². The minimum Gasteiger partial charge on any atom is -0.308 e. The molecule has 0 aliphatic carbocycles. The predicted octanol–water partition coefficient (Wildman–Crippen LogP) is 5.51. The number of nitrogens with one attached hydrogen (secondary N) is 2. The number of carbonyl (C=O) groups is 1. The number of carbonyl (C=O) groups excluding carboxylic acids is 1. The summed E-state index contributed by atoms with van der Waals surface area (Å²) >= 11 is 0. The van der Waals surface area contributed by atoms with Crippen molar-refractivity contribution in [3.8, 4) is 0 Å². The van der Waals surface area contributed by atoms with Crippen LogP contribution in [0.4, 0.5) is 46.9 Å². The minimum absolute atomic E-state index is 0.0411. The first-order valence-electron chi connectivity index (χ1n) is 6.59. The van der Waals surface area contributed by atoms with Crippen molar-refractivity contribution < 1.29 is 35.5 Å². The van der Waals surface area contributed by atoms with Crippen LogP contribution in [0.3, 0.4) is 0 Å². The summed E-state index contributed by atoms with van der Waals surface area (Å²) in [7, 11) is 0. The molecule has 2 aromatic rings.